The summed E-state index contributed by atoms with van der Waals surface area (Å²) in [4.78, 5) is 3.99. The fourth-order valence-electron chi connectivity index (χ4n) is 1.48. The lowest BCUT2D eigenvalue weighted by atomic mass is 10.1. The van der Waals surface area contributed by atoms with E-state index >= 15 is 0 Å². The molecule has 0 radical (unpaired) electrons. The van der Waals surface area contributed by atoms with Crippen molar-refractivity contribution in [2.75, 3.05) is 11.5 Å². The molecule has 1 heterocycles. The predicted molar refractivity (Wildman–Crippen MR) is 70.6 cm³/mol. The minimum atomic E-state index is -3.11. The highest BCUT2D eigenvalue weighted by Gasteiger charge is 2.28. The van der Waals surface area contributed by atoms with E-state index in [1.807, 2.05) is 13.0 Å². The Hall–Kier alpha value is -1.10. The van der Waals surface area contributed by atoms with Crippen LogP contribution >= 0.6 is 0 Å². The molecule has 0 bridgehead atoms. The Bertz CT molecular complexity index is 481. The van der Waals surface area contributed by atoms with E-state index in [1.54, 1.807) is 27.0 Å². The van der Waals surface area contributed by atoms with Crippen molar-refractivity contribution < 1.29 is 8.42 Å². The normalized spacial score (nSPS) is 12.7. The highest BCUT2D eigenvalue weighted by molar-refractivity contribution is 7.92. The molecule has 0 saturated heterocycles. The molecule has 2 N–H and O–H groups in total. The maximum Gasteiger partial charge on any atom is 0.155 e. The van der Waals surface area contributed by atoms with Crippen molar-refractivity contribution in [1.82, 2.24) is 4.98 Å². The lowest BCUT2D eigenvalue weighted by Gasteiger charge is -2.19. The summed E-state index contributed by atoms with van der Waals surface area (Å²) in [5, 5.41) is 0. The number of aromatic nitrogens is 1. The van der Waals surface area contributed by atoms with Gasteiger partial charge in [-0.15, -0.1) is 0 Å². The number of nitrogens with two attached hydrogens (primary N) is 1. The number of nitrogen functional groups attached to an aromatic ring is 1. The van der Waals surface area contributed by atoms with E-state index < -0.39 is 14.6 Å². The van der Waals surface area contributed by atoms with Gasteiger partial charge in [0.2, 0.25) is 0 Å². The Morgan fingerprint density at radius 3 is 2.41 bits per heavy atom. The molecule has 5 heteroatoms. The Balaban J connectivity index is 2.89. The second kappa shape index (κ2) is 4.64. The van der Waals surface area contributed by atoms with Crippen molar-refractivity contribution in [3.8, 4) is 0 Å². The second-order valence-electron chi connectivity index (χ2n) is 5.17. The van der Waals surface area contributed by atoms with E-state index in [4.69, 9.17) is 5.73 Å². The summed E-state index contributed by atoms with van der Waals surface area (Å²) < 4.78 is 23.2. The van der Waals surface area contributed by atoms with Crippen LogP contribution in [0.2, 0.25) is 0 Å². The maximum atomic E-state index is 12.0. The van der Waals surface area contributed by atoms with Crippen LogP contribution in [0.1, 0.15) is 31.9 Å². The lowest BCUT2D eigenvalue weighted by molar-refractivity contribution is 0.559. The number of rotatable bonds is 3. The molecule has 0 aliphatic heterocycles. The number of sulfone groups is 1. The van der Waals surface area contributed by atoms with Gasteiger partial charge in [-0.1, -0.05) is 0 Å². The van der Waals surface area contributed by atoms with Crippen molar-refractivity contribution in [2.24, 2.45) is 0 Å². The van der Waals surface area contributed by atoms with E-state index in [0.717, 1.165) is 11.1 Å². The molecular weight excluding hydrogens is 236 g/mol. The Kier molecular flexibility index (Phi) is 3.81. The van der Waals surface area contributed by atoms with Gasteiger partial charge in [0.1, 0.15) is 5.82 Å². The summed E-state index contributed by atoms with van der Waals surface area (Å²) in [7, 11) is -3.11. The number of pyridine rings is 1. The summed E-state index contributed by atoms with van der Waals surface area (Å²) in [6.45, 7) is 7.04. The largest absolute Gasteiger partial charge is 0.383 e. The Labute approximate surface area is 103 Å². The molecule has 1 rings (SSSR count). The summed E-state index contributed by atoms with van der Waals surface area (Å²) in [5.74, 6) is 0.529. The van der Waals surface area contributed by atoms with Crippen molar-refractivity contribution in [2.45, 2.75) is 38.9 Å². The molecule has 0 saturated carbocycles. The molecule has 17 heavy (non-hydrogen) atoms. The second-order valence-corrected chi connectivity index (χ2v) is 8.04. The zero-order valence-electron chi connectivity index (χ0n) is 10.8. The molecule has 0 fully saturated rings. The van der Waals surface area contributed by atoms with Crippen LogP contribution < -0.4 is 5.73 Å². The molecule has 0 atom stereocenters. The Morgan fingerprint density at radius 2 is 1.94 bits per heavy atom. The van der Waals surface area contributed by atoms with E-state index in [0.29, 0.717) is 12.2 Å². The quantitative estimate of drug-likeness (QED) is 0.893. The third kappa shape index (κ3) is 3.19. The fourth-order valence-corrected chi connectivity index (χ4v) is 2.56. The van der Waals surface area contributed by atoms with Gasteiger partial charge >= 0.3 is 0 Å². The molecule has 96 valence electrons. The molecule has 1 aromatic heterocycles. The molecule has 0 aliphatic carbocycles. The van der Waals surface area contributed by atoms with E-state index in [2.05, 4.69) is 4.98 Å². The fraction of sp³-hybridized carbons (Fsp3) is 0.583. The topological polar surface area (TPSA) is 73.0 Å². The standard InChI is InChI=1S/C12H20N2O2S/c1-9-5-7-14-11(13)10(9)6-8-17(15,16)12(2,3)4/h5,7H,6,8H2,1-4H3,(H2,13,14). The van der Waals surface area contributed by atoms with Gasteiger partial charge in [-0.05, 0) is 51.3 Å². The van der Waals surface area contributed by atoms with Crippen molar-refractivity contribution in [3.05, 3.63) is 23.4 Å². The van der Waals surface area contributed by atoms with Crippen molar-refractivity contribution >= 4 is 15.7 Å². The molecule has 0 spiro atoms. The van der Waals surface area contributed by atoms with E-state index in [-0.39, 0.29) is 5.75 Å². The SMILES string of the molecule is Cc1ccnc(N)c1CCS(=O)(=O)C(C)(C)C. The van der Waals surface area contributed by atoms with Gasteiger partial charge in [0.25, 0.3) is 0 Å². The zero-order valence-corrected chi connectivity index (χ0v) is 11.6. The molecule has 0 aromatic carbocycles. The van der Waals surface area contributed by atoms with Crippen LogP contribution in [0, 0.1) is 6.92 Å². The number of aryl methyl sites for hydroxylation is 1. The molecule has 0 amide bonds. The number of hydrogen-bond acceptors (Lipinski definition) is 4. The predicted octanol–water partition coefficient (Wildman–Crippen LogP) is 1.73. The molecule has 0 aliphatic rings. The summed E-state index contributed by atoms with van der Waals surface area (Å²) in [5.41, 5.74) is 7.58. The van der Waals surface area contributed by atoms with E-state index in [9.17, 15) is 8.42 Å². The smallest absolute Gasteiger partial charge is 0.155 e. The van der Waals surface area contributed by atoms with Crippen LogP contribution in [0.25, 0.3) is 0 Å². The number of nitrogens with zero attached hydrogens (tertiary/aromatic N) is 1. The van der Waals surface area contributed by atoms with Crippen LogP contribution in [0.15, 0.2) is 12.3 Å². The summed E-state index contributed by atoms with van der Waals surface area (Å²) >= 11 is 0. The van der Waals surface area contributed by atoms with Crippen LogP contribution in [-0.4, -0.2) is 23.9 Å². The monoisotopic (exact) mass is 256 g/mol. The maximum absolute atomic E-state index is 12.0. The minimum Gasteiger partial charge on any atom is -0.383 e. The average Bonchev–Trinajstić information content (AvgIpc) is 2.15. The van der Waals surface area contributed by atoms with Crippen LogP contribution in [0.4, 0.5) is 5.82 Å². The molecule has 1 aromatic rings. The van der Waals surface area contributed by atoms with Gasteiger partial charge in [-0.2, -0.15) is 0 Å². The highest BCUT2D eigenvalue weighted by Crippen LogP contribution is 2.20. The van der Waals surface area contributed by atoms with Crippen LogP contribution in [0.3, 0.4) is 0 Å². The lowest BCUT2D eigenvalue weighted by Crippen LogP contribution is -2.31. The first-order valence-electron chi connectivity index (χ1n) is 5.57. The van der Waals surface area contributed by atoms with Crippen molar-refractivity contribution in [1.29, 1.82) is 0 Å². The summed E-state index contributed by atoms with van der Waals surface area (Å²) in [6, 6.07) is 1.84. The third-order valence-electron chi connectivity index (χ3n) is 2.88. The highest BCUT2D eigenvalue weighted by atomic mass is 32.2. The molecule has 4 nitrogen and oxygen atoms in total. The van der Waals surface area contributed by atoms with Crippen LogP contribution in [-0.2, 0) is 16.3 Å². The first-order valence-corrected chi connectivity index (χ1v) is 7.22. The van der Waals surface area contributed by atoms with Gasteiger partial charge in [-0.25, -0.2) is 13.4 Å². The number of anilines is 1. The third-order valence-corrected chi connectivity index (χ3v) is 5.48. The average molecular weight is 256 g/mol. The van der Waals surface area contributed by atoms with Gasteiger partial charge in [0, 0.05) is 6.20 Å². The Morgan fingerprint density at radius 1 is 1.35 bits per heavy atom. The minimum absolute atomic E-state index is 0.104. The van der Waals surface area contributed by atoms with Crippen molar-refractivity contribution in [3.63, 3.8) is 0 Å². The summed E-state index contributed by atoms with van der Waals surface area (Å²) in [6.07, 6.45) is 2.05. The van der Waals surface area contributed by atoms with Gasteiger partial charge < -0.3 is 5.73 Å². The number of hydrogen-bond donors (Lipinski definition) is 1. The van der Waals surface area contributed by atoms with E-state index in [1.165, 1.54) is 0 Å². The zero-order chi connectivity index (χ0) is 13.3. The molecular formula is C12H20N2O2S. The molecule has 0 unspecified atom stereocenters. The van der Waals surface area contributed by atoms with Gasteiger partial charge in [0.05, 0.1) is 10.5 Å². The van der Waals surface area contributed by atoms with Gasteiger partial charge in [0.15, 0.2) is 9.84 Å². The first kappa shape index (κ1) is 14.0. The van der Waals surface area contributed by atoms with Gasteiger partial charge in [-0.3, -0.25) is 0 Å². The van der Waals surface area contributed by atoms with Crippen LogP contribution in [0.5, 0.6) is 0 Å². The first-order chi connectivity index (χ1) is 7.65.